The smallest absolute Gasteiger partial charge is 0.324 e. The zero-order valence-electron chi connectivity index (χ0n) is 12.0. The second-order valence-corrected chi connectivity index (χ2v) is 4.93. The monoisotopic (exact) mass is 298 g/mol. The van der Waals surface area contributed by atoms with Crippen molar-refractivity contribution in [2.75, 3.05) is 0 Å². The van der Waals surface area contributed by atoms with Crippen LogP contribution in [0.4, 0.5) is 0 Å². The third-order valence-corrected chi connectivity index (χ3v) is 3.20. The Bertz CT molecular complexity index is 629. The molecule has 22 heavy (non-hydrogen) atoms. The highest BCUT2D eigenvalue weighted by molar-refractivity contribution is 5.85. The number of hydrogen-bond donors (Lipinski definition) is 2. The fourth-order valence-electron chi connectivity index (χ4n) is 2.07. The van der Waals surface area contributed by atoms with Crippen LogP contribution in [-0.2, 0) is 20.7 Å². The molecule has 0 saturated carbocycles. The summed E-state index contributed by atoms with van der Waals surface area (Å²) in [5.74, 6) is -1.39. The third kappa shape index (κ3) is 4.17. The van der Waals surface area contributed by atoms with E-state index in [1.54, 1.807) is 30.3 Å². The number of ether oxygens (including phenoxy) is 1. The van der Waals surface area contributed by atoms with Gasteiger partial charge in [-0.15, -0.1) is 0 Å². The second kappa shape index (κ2) is 7.38. The van der Waals surface area contributed by atoms with Crippen LogP contribution in [0.15, 0.2) is 60.7 Å². The summed E-state index contributed by atoms with van der Waals surface area (Å²) in [6.07, 6.45) is -0.796. The summed E-state index contributed by atoms with van der Waals surface area (Å²) >= 11 is 0. The summed E-state index contributed by atoms with van der Waals surface area (Å²) in [6, 6.07) is 17.1. The molecule has 2 aromatic carbocycles. The molecular formula is C17H18N2O3. The number of hydrogen-bond acceptors (Lipinski definition) is 4. The van der Waals surface area contributed by atoms with Crippen molar-refractivity contribution in [3.8, 4) is 0 Å². The first-order valence-electron chi connectivity index (χ1n) is 6.92. The molecule has 5 nitrogen and oxygen atoms in total. The summed E-state index contributed by atoms with van der Waals surface area (Å²) in [4.78, 5) is 23.6. The molecule has 0 aliphatic carbocycles. The molecular weight excluding hydrogens is 280 g/mol. The first-order valence-corrected chi connectivity index (χ1v) is 6.92. The minimum absolute atomic E-state index is 0.333. The molecule has 2 aromatic rings. The number of carbonyl (C=O) groups excluding carboxylic acids is 2. The van der Waals surface area contributed by atoms with E-state index >= 15 is 0 Å². The first kappa shape index (κ1) is 15.7. The maximum absolute atomic E-state index is 12.1. The Balaban J connectivity index is 2.04. The topological polar surface area (TPSA) is 95.4 Å². The third-order valence-electron chi connectivity index (χ3n) is 3.20. The number of nitrogens with two attached hydrogens (primary N) is 2. The van der Waals surface area contributed by atoms with Gasteiger partial charge in [-0.1, -0.05) is 60.7 Å². The Morgan fingerprint density at radius 1 is 0.955 bits per heavy atom. The largest absolute Gasteiger partial charge is 0.446 e. The quantitative estimate of drug-likeness (QED) is 0.786. The number of esters is 1. The summed E-state index contributed by atoms with van der Waals surface area (Å²) in [5, 5.41) is 0. The lowest BCUT2D eigenvalue weighted by Crippen LogP contribution is -2.37. The number of primary amides is 1. The molecule has 0 heterocycles. The second-order valence-electron chi connectivity index (χ2n) is 4.93. The summed E-state index contributed by atoms with van der Waals surface area (Å²) < 4.78 is 5.19. The lowest BCUT2D eigenvalue weighted by molar-refractivity contribution is -0.156. The number of carbonyl (C=O) groups is 2. The van der Waals surface area contributed by atoms with Crippen LogP contribution in [0.1, 0.15) is 17.2 Å². The normalized spacial score (nSPS) is 13.1. The van der Waals surface area contributed by atoms with Crippen LogP contribution < -0.4 is 11.5 Å². The van der Waals surface area contributed by atoms with E-state index in [4.69, 9.17) is 16.2 Å². The molecule has 0 aliphatic heterocycles. The van der Waals surface area contributed by atoms with E-state index in [1.165, 1.54) is 0 Å². The van der Waals surface area contributed by atoms with E-state index in [0.29, 0.717) is 12.0 Å². The van der Waals surface area contributed by atoms with Gasteiger partial charge in [0.15, 0.2) is 0 Å². The van der Waals surface area contributed by atoms with Crippen molar-refractivity contribution < 1.29 is 14.3 Å². The van der Waals surface area contributed by atoms with Crippen LogP contribution in [0.3, 0.4) is 0 Å². The summed E-state index contributed by atoms with van der Waals surface area (Å²) in [7, 11) is 0. The maximum Gasteiger partial charge on any atom is 0.324 e. The summed E-state index contributed by atoms with van der Waals surface area (Å²) in [5.41, 5.74) is 12.6. The lowest BCUT2D eigenvalue weighted by atomic mass is 10.1. The van der Waals surface area contributed by atoms with Gasteiger partial charge < -0.3 is 16.2 Å². The average molecular weight is 298 g/mol. The molecule has 2 rings (SSSR count). The Morgan fingerprint density at radius 2 is 1.50 bits per heavy atom. The van der Waals surface area contributed by atoms with E-state index in [9.17, 15) is 9.59 Å². The SMILES string of the molecule is NC(=O)C(OC(=O)[C@@H](N)Cc1ccccc1)c1ccccc1. The molecule has 114 valence electrons. The molecule has 5 heteroatoms. The van der Waals surface area contributed by atoms with Crippen LogP contribution in [0.5, 0.6) is 0 Å². The van der Waals surface area contributed by atoms with E-state index in [2.05, 4.69) is 0 Å². The predicted molar refractivity (Wildman–Crippen MR) is 82.6 cm³/mol. The minimum Gasteiger partial charge on any atom is -0.446 e. The fourth-order valence-corrected chi connectivity index (χ4v) is 2.07. The van der Waals surface area contributed by atoms with Crippen LogP contribution in [0, 0.1) is 0 Å². The Morgan fingerprint density at radius 3 is 2.05 bits per heavy atom. The van der Waals surface area contributed by atoms with Gasteiger partial charge in [-0.25, -0.2) is 0 Å². The van der Waals surface area contributed by atoms with Gasteiger partial charge in [0.25, 0.3) is 5.91 Å². The summed E-state index contributed by atoms with van der Waals surface area (Å²) in [6.45, 7) is 0. The van der Waals surface area contributed by atoms with Gasteiger partial charge in [0.2, 0.25) is 6.10 Å². The Kier molecular flexibility index (Phi) is 5.27. The Labute approximate surface area is 128 Å². The number of amides is 1. The van der Waals surface area contributed by atoms with Gasteiger partial charge in [0.05, 0.1) is 0 Å². The van der Waals surface area contributed by atoms with Crippen molar-refractivity contribution in [1.29, 1.82) is 0 Å². The van der Waals surface area contributed by atoms with E-state index in [-0.39, 0.29) is 0 Å². The van der Waals surface area contributed by atoms with Crippen molar-refractivity contribution in [2.45, 2.75) is 18.6 Å². The van der Waals surface area contributed by atoms with E-state index in [0.717, 1.165) is 5.56 Å². The van der Waals surface area contributed by atoms with Crippen LogP contribution in [-0.4, -0.2) is 17.9 Å². The minimum atomic E-state index is -1.13. The number of benzene rings is 2. The molecule has 1 amide bonds. The molecule has 2 atom stereocenters. The average Bonchev–Trinajstić information content (AvgIpc) is 2.53. The molecule has 0 aliphatic rings. The van der Waals surface area contributed by atoms with E-state index < -0.39 is 24.0 Å². The molecule has 4 N–H and O–H groups in total. The Hall–Kier alpha value is -2.66. The first-order chi connectivity index (χ1) is 10.6. The molecule has 0 bridgehead atoms. The molecule has 0 radical (unpaired) electrons. The van der Waals surface area contributed by atoms with Crippen molar-refractivity contribution in [1.82, 2.24) is 0 Å². The van der Waals surface area contributed by atoms with Crippen LogP contribution >= 0.6 is 0 Å². The standard InChI is InChI=1S/C17H18N2O3/c18-14(11-12-7-3-1-4-8-12)17(21)22-15(16(19)20)13-9-5-2-6-10-13/h1-10,14-15H,11,18H2,(H2,19,20)/t14-,15?/m0/s1. The molecule has 0 saturated heterocycles. The fraction of sp³-hybridized carbons (Fsp3) is 0.176. The van der Waals surface area contributed by atoms with Crippen LogP contribution in [0.25, 0.3) is 0 Å². The van der Waals surface area contributed by atoms with Gasteiger partial charge in [-0.2, -0.15) is 0 Å². The lowest BCUT2D eigenvalue weighted by Gasteiger charge is -2.18. The van der Waals surface area contributed by atoms with Gasteiger partial charge in [0, 0.05) is 5.56 Å². The molecule has 0 spiro atoms. The van der Waals surface area contributed by atoms with Crippen molar-refractivity contribution in [3.63, 3.8) is 0 Å². The predicted octanol–water partition coefficient (Wildman–Crippen LogP) is 1.33. The van der Waals surface area contributed by atoms with Crippen molar-refractivity contribution in [3.05, 3.63) is 71.8 Å². The molecule has 0 fully saturated rings. The van der Waals surface area contributed by atoms with Gasteiger partial charge in [-0.05, 0) is 12.0 Å². The van der Waals surface area contributed by atoms with Crippen molar-refractivity contribution >= 4 is 11.9 Å². The molecule has 1 unspecified atom stereocenters. The highest BCUT2D eigenvalue weighted by Gasteiger charge is 2.25. The van der Waals surface area contributed by atoms with Crippen LogP contribution in [0.2, 0.25) is 0 Å². The highest BCUT2D eigenvalue weighted by atomic mass is 16.5. The number of rotatable bonds is 6. The maximum atomic E-state index is 12.1. The van der Waals surface area contributed by atoms with Gasteiger partial charge in [0.1, 0.15) is 6.04 Å². The zero-order chi connectivity index (χ0) is 15.9. The van der Waals surface area contributed by atoms with Gasteiger partial charge >= 0.3 is 5.97 Å². The molecule has 0 aromatic heterocycles. The van der Waals surface area contributed by atoms with E-state index in [1.807, 2.05) is 30.3 Å². The van der Waals surface area contributed by atoms with Gasteiger partial charge in [-0.3, -0.25) is 9.59 Å². The van der Waals surface area contributed by atoms with Crippen molar-refractivity contribution in [2.24, 2.45) is 11.5 Å². The zero-order valence-corrected chi connectivity index (χ0v) is 12.0. The highest BCUT2D eigenvalue weighted by Crippen LogP contribution is 2.17.